The Morgan fingerprint density at radius 1 is 0.848 bits per heavy atom. The van der Waals surface area contributed by atoms with Crippen LogP contribution in [0.3, 0.4) is 0 Å². The lowest BCUT2D eigenvalue weighted by atomic mass is 9.91. The fourth-order valence-electron chi connectivity index (χ4n) is 5.60. The topological polar surface area (TPSA) is 67.4 Å². The quantitative estimate of drug-likeness (QED) is 0.562. The number of hydrogen-bond donors (Lipinski definition) is 2. The van der Waals surface area contributed by atoms with Crippen molar-refractivity contribution in [2.75, 3.05) is 23.2 Å². The fraction of sp³-hybridized carbons (Fsp3) is 0.556. The molecule has 0 unspecified atom stereocenters. The molecule has 178 valence electrons. The highest BCUT2D eigenvalue weighted by atomic mass is 32.2. The molecule has 6 rings (SSSR count). The van der Waals surface area contributed by atoms with Crippen molar-refractivity contribution in [1.29, 1.82) is 0 Å². The smallest absolute Gasteiger partial charge is 0.261 e. The highest BCUT2D eigenvalue weighted by Crippen LogP contribution is 2.42. The summed E-state index contributed by atoms with van der Waals surface area (Å²) in [5.41, 5.74) is 5.18. The van der Waals surface area contributed by atoms with Gasteiger partial charge < -0.3 is 10.1 Å². The minimum atomic E-state index is -3.64. The first-order valence-corrected chi connectivity index (χ1v) is 14.2. The molecule has 2 aromatic rings. The van der Waals surface area contributed by atoms with Gasteiger partial charge in [0, 0.05) is 36.0 Å². The van der Waals surface area contributed by atoms with Crippen LogP contribution in [0.1, 0.15) is 80.6 Å². The molecular weight excluding hydrogens is 432 g/mol. The summed E-state index contributed by atoms with van der Waals surface area (Å²) in [5, 5.41) is 3.40. The lowest BCUT2D eigenvalue weighted by molar-refractivity contribution is 0.0911. The number of fused-ring (bicyclic) bond motifs is 4. The molecule has 0 amide bonds. The van der Waals surface area contributed by atoms with Gasteiger partial charge in [0.2, 0.25) is 0 Å². The molecular formula is C27H36N2O3S. The van der Waals surface area contributed by atoms with E-state index in [1.807, 2.05) is 18.2 Å². The first kappa shape index (κ1) is 22.7. The van der Waals surface area contributed by atoms with Crippen LogP contribution in [-0.4, -0.2) is 21.6 Å². The normalized spacial score (nSPS) is 23.8. The second-order valence-corrected chi connectivity index (χ2v) is 11.6. The Kier molecular flexibility index (Phi) is 6.93. The van der Waals surface area contributed by atoms with E-state index in [2.05, 4.69) is 16.1 Å². The summed E-state index contributed by atoms with van der Waals surface area (Å²) in [6.07, 6.45) is 14.5. The van der Waals surface area contributed by atoms with E-state index in [4.69, 9.17) is 4.74 Å². The summed E-state index contributed by atoms with van der Waals surface area (Å²) in [6.45, 7) is 1.62. The van der Waals surface area contributed by atoms with Gasteiger partial charge >= 0.3 is 0 Å². The van der Waals surface area contributed by atoms with Crippen molar-refractivity contribution in [2.24, 2.45) is 5.92 Å². The maximum atomic E-state index is 13.0. The zero-order valence-electron chi connectivity index (χ0n) is 19.4. The van der Waals surface area contributed by atoms with E-state index in [9.17, 15) is 8.42 Å². The average molecular weight is 469 g/mol. The van der Waals surface area contributed by atoms with Gasteiger partial charge in [0.25, 0.3) is 10.0 Å². The van der Waals surface area contributed by atoms with Crippen LogP contribution in [-0.2, 0) is 27.6 Å². The van der Waals surface area contributed by atoms with E-state index in [1.54, 1.807) is 12.1 Å². The Bertz CT molecular complexity index is 1070. The van der Waals surface area contributed by atoms with Crippen LogP contribution in [0.25, 0.3) is 0 Å². The molecule has 2 aliphatic carbocycles. The lowest BCUT2D eigenvalue weighted by Crippen LogP contribution is -2.25. The van der Waals surface area contributed by atoms with E-state index in [1.165, 1.54) is 62.5 Å². The first-order chi connectivity index (χ1) is 16.1. The van der Waals surface area contributed by atoms with Crippen molar-refractivity contribution >= 4 is 21.4 Å². The van der Waals surface area contributed by atoms with E-state index in [-0.39, 0.29) is 11.0 Å². The monoisotopic (exact) mass is 468 g/mol. The average Bonchev–Trinajstić information content (AvgIpc) is 3.34. The fourth-order valence-corrected chi connectivity index (χ4v) is 6.69. The SMILES string of the molecule is C1CCCCC1.O=S(=O)(Nc1ccc2c(c1)CCCC2)c1ccc2c(c1)[C@H]1OCC[C@H]1CN2. The van der Waals surface area contributed by atoms with Crippen molar-refractivity contribution in [3.63, 3.8) is 0 Å². The summed E-state index contributed by atoms with van der Waals surface area (Å²) in [4.78, 5) is 0.289. The van der Waals surface area contributed by atoms with Gasteiger partial charge in [-0.05, 0) is 73.6 Å². The van der Waals surface area contributed by atoms with Gasteiger partial charge in [0.1, 0.15) is 0 Å². The molecule has 1 saturated carbocycles. The highest BCUT2D eigenvalue weighted by Gasteiger charge is 2.35. The maximum Gasteiger partial charge on any atom is 0.261 e. The molecule has 2 aliphatic heterocycles. The van der Waals surface area contributed by atoms with Gasteiger partial charge in [-0.2, -0.15) is 0 Å². The van der Waals surface area contributed by atoms with E-state index in [0.29, 0.717) is 11.6 Å². The highest BCUT2D eigenvalue weighted by molar-refractivity contribution is 7.92. The van der Waals surface area contributed by atoms with Crippen molar-refractivity contribution in [3.05, 3.63) is 53.1 Å². The lowest BCUT2D eigenvalue weighted by Gasteiger charge is -2.28. The van der Waals surface area contributed by atoms with Crippen LogP contribution >= 0.6 is 0 Å². The van der Waals surface area contributed by atoms with Crippen LogP contribution in [0.4, 0.5) is 11.4 Å². The molecule has 2 N–H and O–H groups in total. The summed E-state index contributed by atoms with van der Waals surface area (Å²) in [5.74, 6) is 0.420. The number of rotatable bonds is 3. The van der Waals surface area contributed by atoms with E-state index >= 15 is 0 Å². The van der Waals surface area contributed by atoms with Crippen molar-refractivity contribution in [2.45, 2.75) is 81.6 Å². The Hall–Kier alpha value is -2.05. The number of ether oxygens (including phenoxy) is 1. The molecule has 2 atom stereocenters. The van der Waals surface area contributed by atoms with Gasteiger partial charge in [-0.1, -0.05) is 44.6 Å². The second-order valence-electron chi connectivity index (χ2n) is 9.89. The zero-order chi connectivity index (χ0) is 22.7. The molecule has 0 radical (unpaired) electrons. The number of hydrogen-bond acceptors (Lipinski definition) is 4. The third-order valence-electron chi connectivity index (χ3n) is 7.51. The molecule has 6 heteroatoms. The Morgan fingerprint density at radius 2 is 1.58 bits per heavy atom. The van der Waals surface area contributed by atoms with Crippen LogP contribution < -0.4 is 10.0 Å². The maximum absolute atomic E-state index is 13.0. The molecule has 4 aliphatic rings. The van der Waals surface area contributed by atoms with Crippen LogP contribution in [0.15, 0.2) is 41.3 Å². The standard InChI is InChI=1S/C21H24N2O3S.C6H12/c24-27(25,23-17-6-5-14-3-1-2-4-15(14)11-17)18-7-8-20-19(12-18)21-16(13-22-20)9-10-26-21;1-2-4-6-5-3-1/h5-8,11-12,16,21-23H,1-4,9-10,13H2;1-6H2/t16-,21-;/m0./s1. The van der Waals surface area contributed by atoms with Gasteiger partial charge in [-0.3, -0.25) is 4.72 Å². The number of nitrogens with one attached hydrogen (secondary N) is 2. The Labute approximate surface area is 198 Å². The van der Waals surface area contributed by atoms with Crippen LogP contribution in [0.2, 0.25) is 0 Å². The number of anilines is 2. The summed E-state index contributed by atoms with van der Waals surface area (Å²) < 4.78 is 34.6. The van der Waals surface area contributed by atoms with Crippen molar-refractivity contribution < 1.29 is 13.2 Å². The largest absolute Gasteiger partial charge is 0.384 e. The number of aryl methyl sites for hydroxylation is 2. The molecule has 2 fully saturated rings. The molecule has 2 aromatic carbocycles. The van der Waals surface area contributed by atoms with Crippen molar-refractivity contribution in [1.82, 2.24) is 0 Å². The molecule has 33 heavy (non-hydrogen) atoms. The van der Waals surface area contributed by atoms with E-state index in [0.717, 1.165) is 43.7 Å². The number of sulfonamides is 1. The first-order valence-electron chi connectivity index (χ1n) is 12.7. The van der Waals surface area contributed by atoms with Crippen LogP contribution in [0.5, 0.6) is 0 Å². The molecule has 5 nitrogen and oxygen atoms in total. The van der Waals surface area contributed by atoms with Gasteiger partial charge in [-0.25, -0.2) is 8.42 Å². The molecule has 1 saturated heterocycles. The minimum Gasteiger partial charge on any atom is -0.384 e. The third-order valence-corrected chi connectivity index (χ3v) is 8.89. The van der Waals surface area contributed by atoms with E-state index < -0.39 is 10.0 Å². The predicted molar refractivity (Wildman–Crippen MR) is 133 cm³/mol. The zero-order valence-corrected chi connectivity index (χ0v) is 20.3. The van der Waals surface area contributed by atoms with Gasteiger partial charge in [0.05, 0.1) is 11.0 Å². The second kappa shape index (κ2) is 10.1. The van der Waals surface area contributed by atoms with Gasteiger partial charge in [-0.15, -0.1) is 0 Å². The van der Waals surface area contributed by atoms with Crippen molar-refractivity contribution in [3.8, 4) is 0 Å². The molecule has 0 bridgehead atoms. The van der Waals surface area contributed by atoms with Gasteiger partial charge in [0.15, 0.2) is 0 Å². The van der Waals surface area contributed by atoms with Crippen LogP contribution in [0, 0.1) is 5.92 Å². The number of benzene rings is 2. The predicted octanol–water partition coefficient (Wildman–Crippen LogP) is 6.21. The molecule has 0 aromatic heterocycles. The summed E-state index contributed by atoms with van der Waals surface area (Å²) in [7, 11) is -3.64. The molecule has 2 heterocycles. The third kappa shape index (κ3) is 5.22. The minimum absolute atomic E-state index is 0.000134. The molecule has 0 spiro atoms. The Balaban J connectivity index is 0.000000332. The summed E-state index contributed by atoms with van der Waals surface area (Å²) >= 11 is 0. The summed E-state index contributed by atoms with van der Waals surface area (Å²) in [6, 6.07) is 11.2. The Morgan fingerprint density at radius 3 is 2.33 bits per heavy atom.